The van der Waals surface area contributed by atoms with Crippen LogP contribution in [0.25, 0.3) is 0 Å². The molecule has 4 rings (SSSR count). The van der Waals surface area contributed by atoms with Crippen LogP contribution >= 0.6 is 0 Å². The molecule has 2 aromatic carbocycles. The fourth-order valence-electron chi connectivity index (χ4n) is 9.66. The second kappa shape index (κ2) is 28.1. The molecule has 2 aliphatic rings. The number of esters is 1. The Labute approximate surface area is 426 Å². The van der Waals surface area contributed by atoms with Gasteiger partial charge in [-0.2, -0.15) is 0 Å². The number of rotatable bonds is 25. The molecule has 2 aliphatic heterocycles. The summed E-state index contributed by atoms with van der Waals surface area (Å²) in [4.78, 5) is 131. The summed E-state index contributed by atoms with van der Waals surface area (Å²) in [5.41, 5.74) is 1.58. The van der Waals surface area contributed by atoms with Gasteiger partial charge < -0.3 is 45.2 Å². The van der Waals surface area contributed by atoms with Gasteiger partial charge in [0.25, 0.3) is 0 Å². The number of methoxy groups -OCH3 is 1. The van der Waals surface area contributed by atoms with Crippen LogP contribution in [0.2, 0.25) is 0 Å². The molecular weight excluding hydrogens is 921 g/mol. The Hall–Kier alpha value is -6.33. The van der Waals surface area contributed by atoms with E-state index in [2.05, 4.69) is 22.9 Å². The highest BCUT2D eigenvalue weighted by atomic mass is 16.5. The van der Waals surface area contributed by atoms with Gasteiger partial charge in [-0.05, 0) is 55.1 Å². The number of likely N-dealkylation sites (tertiary alicyclic amines) is 2. The molecule has 72 heavy (non-hydrogen) atoms. The molecule has 2 aromatic rings. The Balaban J connectivity index is 1.44. The summed E-state index contributed by atoms with van der Waals surface area (Å²) in [6.45, 7) is 10.9. The Morgan fingerprint density at radius 3 is 1.69 bits per heavy atom. The SMILES string of the molecule is CCCCC(C)C(=O)N1CCCC1C(=O)N(C)C(Cc1ccccc1)C(=O)NCC(=O)N(C)[C@@H](C(=O)N[C@H](C(=O)NCC(=O)N(C)C(Cc1ccccc1)C(=O)N1CCCC1C(=O)OC)[C@@H](C)CC)C(C)C. The molecule has 5 unspecified atom stereocenters. The van der Waals surface area contributed by atoms with E-state index < -0.39 is 103 Å². The minimum Gasteiger partial charge on any atom is -0.467 e. The first-order valence-electron chi connectivity index (χ1n) is 25.7. The van der Waals surface area contributed by atoms with E-state index in [0.29, 0.717) is 45.2 Å². The fraction of sp³-hybridized carbons (Fsp3) is 0.611. The number of hydrogen-bond donors (Lipinski definition) is 3. The first-order valence-corrected chi connectivity index (χ1v) is 25.7. The smallest absolute Gasteiger partial charge is 0.328 e. The first-order chi connectivity index (χ1) is 34.3. The number of hydrogen-bond acceptors (Lipinski definition) is 10. The Kier molecular flexibility index (Phi) is 22.7. The summed E-state index contributed by atoms with van der Waals surface area (Å²) in [6.07, 6.45) is 5.53. The predicted molar refractivity (Wildman–Crippen MR) is 272 cm³/mol. The molecule has 0 aliphatic carbocycles. The zero-order chi connectivity index (χ0) is 53.2. The molecule has 0 radical (unpaired) electrons. The summed E-state index contributed by atoms with van der Waals surface area (Å²) in [5, 5.41) is 8.21. The third-order valence-corrected chi connectivity index (χ3v) is 14.4. The van der Waals surface area contributed by atoms with Gasteiger partial charge in [0.05, 0.1) is 20.2 Å². The average Bonchev–Trinajstić information content (AvgIpc) is 4.09. The van der Waals surface area contributed by atoms with Gasteiger partial charge >= 0.3 is 5.97 Å². The number of amides is 8. The van der Waals surface area contributed by atoms with Crippen molar-refractivity contribution in [2.45, 2.75) is 142 Å². The average molecular weight is 1000 g/mol. The van der Waals surface area contributed by atoms with Crippen molar-refractivity contribution in [1.29, 1.82) is 0 Å². The molecule has 396 valence electrons. The highest BCUT2D eigenvalue weighted by molar-refractivity contribution is 5.97. The molecule has 0 saturated carbocycles. The molecule has 8 atom stereocenters. The van der Waals surface area contributed by atoms with Gasteiger partial charge in [0.2, 0.25) is 47.3 Å². The molecule has 2 fully saturated rings. The molecule has 18 heteroatoms. The lowest BCUT2D eigenvalue weighted by Crippen LogP contribution is -2.59. The largest absolute Gasteiger partial charge is 0.467 e. The Morgan fingerprint density at radius 2 is 1.17 bits per heavy atom. The molecule has 0 aromatic heterocycles. The number of carbonyl (C=O) groups excluding carboxylic acids is 9. The van der Waals surface area contributed by atoms with E-state index in [-0.39, 0.29) is 30.6 Å². The second-order valence-electron chi connectivity index (χ2n) is 19.8. The van der Waals surface area contributed by atoms with Crippen LogP contribution in [0.3, 0.4) is 0 Å². The summed E-state index contributed by atoms with van der Waals surface area (Å²) >= 11 is 0. The standard InChI is InChI=1S/C54H80N8O10/c1-11-13-22-37(6)51(68)61-29-20-27-40(61)52(69)59(8)42(31-38-23-16-14-17-24-38)48(65)55-34-45(64)60(9)47(35(3)4)50(67)57-46(36(5)12-2)49(66)56-33-44(63)58(7)43(32-39-25-18-15-19-26-39)53(70)62-30-21-28-41(62)54(71)72-10/h14-19,23-26,35-37,40-43,46-47H,11-13,20-22,27-34H2,1-10H3,(H,55,65)(H,56,66)(H,57,67)/t36-,37?,40?,41?,42?,43?,46-,47+/m0/s1. The number of nitrogens with zero attached hydrogens (tertiary/aromatic N) is 5. The molecule has 8 amide bonds. The van der Waals surface area contributed by atoms with E-state index in [0.717, 1.165) is 30.4 Å². The van der Waals surface area contributed by atoms with Crippen molar-refractivity contribution in [2.24, 2.45) is 17.8 Å². The molecule has 0 spiro atoms. The highest BCUT2D eigenvalue weighted by Crippen LogP contribution is 2.26. The van der Waals surface area contributed by atoms with E-state index in [1.54, 1.807) is 32.7 Å². The van der Waals surface area contributed by atoms with Crippen molar-refractivity contribution in [3.8, 4) is 0 Å². The van der Waals surface area contributed by atoms with E-state index >= 15 is 0 Å². The van der Waals surface area contributed by atoms with Crippen molar-refractivity contribution in [3.05, 3.63) is 71.8 Å². The number of carbonyl (C=O) groups is 9. The van der Waals surface area contributed by atoms with Gasteiger partial charge in [0.1, 0.15) is 36.3 Å². The summed E-state index contributed by atoms with van der Waals surface area (Å²) in [6, 6.07) is 12.6. The maximum atomic E-state index is 14.2. The lowest BCUT2D eigenvalue weighted by Gasteiger charge is -2.34. The van der Waals surface area contributed by atoms with Crippen LogP contribution in [-0.2, 0) is 60.7 Å². The zero-order valence-electron chi connectivity index (χ0n) is 44.2. The van der Waals surface area contributed by atoms with Gasteiger partial charge in [-0.1, -0.05) is 121 Å². The van der Waals surface area contributed by atoms with Crippen molar-refractivity contribution in [3.63, 3.8) is 0 Å². The number of nitrogens with one attached hydrogen (secondary N) is 3. The van der Waals surface area contributed by atoms with Crippen molar-refractivity contribution >= 4 is 53.2 Å². The van der Waals surface area contributed by atoms with Crippen LogP contribution in [0.4, 0.5) is 0 Å². The van der Waals surface area contributed by atoms with E-state index in [4.69, 9.17) is 4.74 Å². The zero-order valence-corrected chi connectivity index (χ0v) is 44.2. The normalized spacial score (nSPS) is 17.9. The van der Waals surface area contributed by atoms with Gasteiger partial charge in [-0.15, -0.1) is 0 Å². The van der Waals surface area contributed by atoms with Crippen molar-refractivity contribution < 1.29 is 47.9 Å². The maximum absolute atomic E-state index is 14.2. The van der Waals surface area contributed by atoms with Crippen LogP contribution in [0.15, 0.2) is 60.7 Å². The number of likely N-dealkylation sites (N-methyl/N-ethyl adjacent to an activating group) is 3. The van der Waals surface area contributed by atoms with Gasteiger partial charge in [0.15, 0.2) is 0 Å². The number of benzene rings is 2. The van der Waals surface area contributed by atoms with Crippen LogP contribution in [0.1, 0.15) is 104 Å². The molecule has 0 bridgehead atoms. The highest BCUT2D eigenvalue weighted by Gasteiger charge is 2.42. The van der Waals surface area contributed by atoms with Gasteiger partial charge in [-0.3, -0.25) is 38.4 Å². The minimum atomic E-state index is -1.12. The van der Waals surface area contributed by atoms with E-state index in [1.165, 1.54) is 40.8 Å². The minimum absolute atomic E-state index is 0.0725. The van der Waals surface area contributed by atoms with Gasteiger partial charge in [-0.25, -0.2) is 4.79 Å². The second-order valence-corrected chi connectivity index (χ2v) is 19.8. The fourth-order valence-corrected chi connectivity index (χ4v) is 9.66. The number of unbranched alkanes of at least 4 members (excludes halogenated alkanes) is 1. The van der Waals surface area contributed by atoms with Crippen molar-refractivity contribution in [2.75, 3.05) is 54.4 Å². The lowest BCUT2D eigenvalue weighted by atomic mass is 9.96. The summed E-state index contributed by atoms with van der Waals surface area (Å²) in [5.74, 6) is -5.48. The quantitative estimate of drug-likeness (QED) is 0.123. The topological polar surface area (TPSA) is 215 Å². The molecular formula is C54H80N8O10. The van der Waals surface area contributed by atoms with Gasteiger partial charge in [0, 0.05) is 53.0 Å². The molecule has 2 heterocycles. The third-order valence-electron chi connectivity index (χ3n) is 14.4. The molecule has 3 N–H and O–H groups in total. The predicted octanol–water partition coefficient (Wildman–Crippen LogP) is 3.35. The number of ether oxygens (including phenoxy) is 1. The van der Waals surface area contributed by atoms with Crippen LogP contribution < -0.4 is 16.0 Å². The summed E-state index contributed by atoms with van der Waals surface area (Å²) < 4.78 is 4.96. The van der Waals surface area contributed by atoms with Crippen LogP contribution in [0.5, 0.6) is 0 Å². The van der Waals surface area contributed by atoms with Crippen molar-refractivity contribution in [1.82, 2.24) is 40.4 Å². The Bertz CT molecular complexity index is 2180. The monoisotopic (exact) mass is 1000 g/mol. The summed E-state index contributed by atoms with van der Waals surface area (Å²) in [7, 11) is 5.73. The van der Waals surface area contributed by atoms with Crippen LogP contribution in [0, 0.1) is 17.8 Å². The maximum Gasteiger partial charge on any atom is 0.328 e. The first kappa shape index (κ1) is 58.2. The third kappa shape index (κ3) is 15.3. The van der Waals surface area contributed by atoms with E-state index in [1.807, 2.05) is 74.5 Å². The lowest BCUT2D eigenvalue weighted by molar-refractivity contribution is -0.154. The molecule has 18 nitrogen and oxygen atoms in total. The van der Waals surface area contributed by atoms with Crippen LogP contribution in [-0.4, -0.2) is 168 Å². The van der Waals surface area contributed by atoms with E-state index in [9.17, 15) is 43.2 Å². The molecule has 2 saturated heterocycles. The Morgan fingerprint density at radius 1 is 0.653 bits per heavy atom.